The molecule has 0 aliphatic rings. The molecule has 1 heteroatoms. The maximum Gasteiger partial charge on any atom is 0.00900 e. The van der Waals surface area contributed by atoms with Gasteiger partial charge in [-0.25, -0.2) is 0 Å². The van der Waals surface area contributed by atoms with Crippen molar-refractivity contribution in [3.63, 3.8) is 0 Å². The van der Waals surface area contributed by atoms with Crippen LogP contribution in [-0.2, 0) is 0 Å². The van der Waals surface area contributed by atoms with Gasteiger partial charge in [-0.05, 0) is 31.2 Å². The Morgan fingerprint density at radius 2 is 1.67 bits per heavy atom. The highest BCUT2D eigenvalue weighted by molar-refractivity contribution is 4.70. The van der Waals surface area contributed by atoms with Crippen molar-refractivity contribution in [2.45, 2.75) is 72.8 Å². The Kier molecular flexibility index (Phi) is 9.18. The molecule has 0 fully saturated rings. The van der Waals surface area contributed by atoms with E-state index in [9.17, 15) is 0 Å². The van der Waals surface area contributed by atoms with Crippen LogP contribution in [0.4, 0.5) is 0 Å². The molecular formula is C14H31N. The summed E-state index contributed by atoms with van der Waals surface area (Å²) in [5.74, 6) is 1.68. The fraction of sp³-hybridized carbons (Fsp3) is 1.00. The summed E-state index contributed by atoms with van der Waals surface area (Å²) in [6.45, 7) is 12.7. The fourth-order valence-corrected chi connectivity index (χ4v) is 1.89. The van der Waals surface area contributed by atoms with Crippen LogP contribution in [0.2, 0.25) is 0 Å². The first-order valence-electron chi connectivity index (χ1n) is 6.85. The zero-order valence-electron chi connectivity index (χ0n) is 11.5. The van der Waals surface area contributed by atoms with E-state index in [2.05, 4.69) is 39.9 Å². The third-order valence-corrected chi connectivity index (χ3v) is 3.37. The Hall–Kier alpha value is -0.0400. The van der Waals surface area contributed by atoms with Gasteiger partial charge in [-0.15, -0.1) is 0 Å². The van der Waals surface area contributed by atoms with Gasteiger partial charge in [0.2, 0.25) is 0 Å². The van der Waals surface area contributed by atoms with Gasteiger partial charge >= 0.3 is 0 Å². The van der Waals surface area contributed by atoms with E-state index in [0.29, 0.717) is 0 Å². The van der Waals surface area contributed by atoms with Crippen LogP contribution in [0.25, 0.3) is 0 Å². The fourth-order valence-electron chi connectivity index (χ4n) is 1.89. The Bertz CT molecular complexity index is 131. The summed E-state index contributed by atoms with van der Waals surface area (Å²) < 4.78 is 0. The molecule has 1 nitrogen and oxygen atoms in total. The van der Waals surface area contributed by atoms with Crippen molar-refractivity contribution < 1.29 is 0 Å². The third kappa shape index (κ3) is 7.84. The first-order chi connectivity index (χ1) is 7.11. The first-order valence-corrected chi connectivity index (χ1v) is 6.85. The average molecular weight is 213 g/mol. The predicted molar refractivity (Wildman–Crippen MR) is 70.2 cm³/mol. The summed E-state index contributed by atoms with van der Waals surface area (Å²) in [5, 5.41) is 3.66. The molecule has 2 atom stereocenters. The first kappa shape index (κ1) is 15.0. The standard InChI is InChI=1S/C14H31N/c1-6-11-15-14(12(3)4)10-8-9-13(5)7-2/h12-15H,6-11H2,1-5H3. The van der Waals surface area contributed by atoms with Gasteiger partial charge in [0.05, 0.1) is 0 Å². The lowest BCUT2D eigenvalue weighted by Crippen LogP contribution is -2.34. The van der Waals surface area contributed by atoms with Crippen molar-refractivity contribution in [3.05, 3.63) is 0 Å². The Morgan fingerprint density at radius 3 is 2.13 bits per heavy atom. The summed E-state index contributed by atoms with van der Waals surface area (Å²) >= 11 is 0. The SMILES string of the molecule is CCCNC(CCCC(C)CC)C(C)C. The van der Waals surface area contributed by atoms with Crippen LogP contribution in [0.3, 0.4) is 0 Å². The molecule has 0 radical (unpaired) electrons. The molecule has 0 aromatic carbocycles. The molecule has 0 amide bonds. The highest BCUT2D eigenvalue weighted by Crippen LogP contribution is 2.15. The van der Waals surface area contributed by atoms with Crippen LogP contribution in [0.15, 0.2) is 0 Å². The molecule has 0 saturated carbocycles. The molecular weight excluding hydrogens is 182 g/mol. The molecule has 0 bridgehead atoms. The van der Waals surface area contributed by atoms with Crippen molar-refractivity contribution >= 4 is 0 Å². The second kappa shape index (κ2) is 9.21. The van der Waals surface area contributed by atoms with Crippen LogP contribution in [0, 0.1) is 11.8 Å². The van der Waals surface area contributed by atoms with Crippen molar-refractivity contribution in [1.82, 2.24) is 5.32 Å². The molecule has 1 N–H and O–H groups in total. The normalized spacial score (nSPS) is 15.6. The summed E-state index contributed by atoms with van der Waals surface area (Å²) in [4.78, 5) is 0. The molecule has 0 aromatic rings. The molecule has 0 rings (SSSR count). The second-order valence-electron chi connectivity index (χ2n) is 5.25. The summed E-state index contributed by atoms with van der Waals surface area (Å²) in [6, 6.07) is 0.731. The maximum absolute atomic E-state index is 3.66. The predicted octanol–water partition coefficient (Wildman–Crippen LogP) is 4.23. The minimum absolute atomic E-state index is 0.731. The van der Waals surface area contributed by atoms with Crippen LogP contribution in [0.1, 0.15) is 66.7 Å². The average Bonchev–Trinajstić information content (AvgIpc) is 2.22. The summed E-state index contributed by atoms with van der Waals surface area (Å²) in [6.07, 6.45) is 6.70. The molecule has 15 heavy (non-hydrogen) atoms. The van der Waals surface area contributed by atoms with Gasteiger partial charge in [-0.2, -0.15) is 0 Å². The minimum atomic E-state index is 0.731. The lowest BCUT2D eigenvalue weighted by atomic mass is 9.94. The lowest BCUT2D eigenvalue weighted by Gasteiger charge is -2.22. The van der Waals surface area contributed by atoms with Gasteiger partial charge in [0.1, 0.15) is 0 Å². The van der Waals surface area contributed by atoms with Crippen LogP contribution in [0.5, 0.6) is 0 Å². The van der Waals surface area contributed by atoms with Crippen molar-refractivity contribution in [2.75, 3.05) is 6.54 Å². The van der Waals surface area contributed by atoms with Crippen molar-refractivity contribution in [3.8, 4) is 0 Å². The molecule has 0 saturated heterocycles. The molecule has 0 aliphatic carbocycles. The number of rotatable bonds is 9. The van der Waals surface area contributed by atoms with Gasteiger partial charge in [-0.1, -0.05) is 53.9 Å². The van der Waals surface area contributed by atoms with Gasteiger partial charge in [0.15, 0.2) is 0 Å². The van der Waals surface area contributed by atoms with Crippen LogP contribution >= 0.6 is 0 Å². The molecule has 0 heterocycles. The minimum Gasteiger partial charge on any atom is -0.314 e. The molecule has 0 aromatic heterocycles. The quantitative estimate of drug-likeness (QED) is 0.604. The molecule has 2 unspecified atom stereocenters. The van der Waals surface area contributed by atoms with Crippen molar-refractivity contribution in [1.29, 1.82) is 0 Å². The van der Waals surface area contributed by atoms with E-state index < -0.39 is 0 Å². The van der Waals surface area contributed by atoms with E-state index in [4.69, 9.17) is 0 Å². The zero-order chi connectivity index (χ0) is 11.7. The highest BCUT2D eigenvalue weighted by atomic mass is 14.9. The van der Waals surface area contributed by atoms with E-state index in [1.165, 1.54) is 38.6 Å². The maximum atomic E-state index is 3.66. The Morgan fingerprint density at radius 1 is 1.00 bits per heavy atom. The van der Waals surface area contributed by atoms with Crippen LogP contribution < -0.4 is 5.32 Å². The van der Waals surface area contributed by atoms with E-state index in [1.54, 1.807) is 0 Å². The van der Waals surface area contributed by atoms with Gasteiger partial charge < -0.3 is 5.32 Å². The number of hydrogen-bond acceptors (Lipinski definition) is 1. The molecule has 0 aliphatic heterocycles. The second-order valence-corrected chi connectivity index (χ2v) is 5.25. The summed E-state index contributed by atoms with van der Waals surface area (Å²) in [5.41, 5.74) is 0. The largest absolute Gasteiger partial charge is 0.314 e. The Labute approximate surface area is 97.0 Å². The van der Waals surface area contributed by atoms with E-state index in [1.807, 2.05) is 0 Å². The highest BCUT2D eigenvalue weighted by Gasteiger charge is 2.12. The topological polar surface area (TPSA) is 12.0 Å². The van der Waals surface area contributed by atoms with Crippen molar-refractivity contribution in [2.24, 2.45) is 11.8 Å². The Balaban J connectivity index is 3.66. The third-order valence-electron chi connectivity index (χ3n) is 3.37. The van der Waals surface area contributed by atoms with Gasteiger partial charge in [0.25, 0.3) is 0 Å². The summed E-state index contributed by atoms with van der Waals surface area (Å²) in [7, 11) is 0. The number of nitrogens with one attached hydrogen (secondary N) is 1. The molecule has 92 valence electrons. The van der Waals surface area contributed by atoms with Gasteiger partial charge in [0, 0.05) is 6.04 Å². The monoisotopic (exact) mass is 213 g/mol. The lowest BCUT2D eigenvalue weighted by molar-refractivity contribution is 0.353. The van der Waals surface area contributed by atoms with Gasteiger partial charge in [-0.3, -0.25) is 0 Å². The van der Waals surface area contributed by atoms with E-state index in [0.717, 1.165) is 17.9 Å². The van der Waals surface area contributed by atoms with Crippen LogP contribution in [-0.4, -0.2) is 12.6 Å². The molecule has 0 spiro atoms. The van der Waals surface area contributed by atoms with E-state index >= 15 is 0 Å². The number of hydrogen-bond donors (Lipinski definition) is 1. The van der Waals surface area contributed by atoms with E-state index in [-0.39, 0.29) is 0 Å². The zero-order valence-corrected chi connectivity index (χ0v) is 11.5. The smallest absolute Gasteiger partial charge is 0.00900 e.